The van der Waals surface area contributed by atoms with Gasteiger partial charge < -0.3 is 0 Å². The Morgan fingerprint density at radius 3 is 2.39 bits per heavy atom. The highest BCUT2D eigenvalue weighted by Gasteiger charge is 2.12. The van der Waals surface area contributed by atoms with Gasteiger partial charge >= 0.3 is 0 Å². The van der Waals surface area contributed by atoms with Crippen molar-refractivity contribution < 1.29 is 0 Å². The van der Waals surface area contributed by atoms with E-state index >= 15 is 0 Å². The Morgan fingerprint density at radius 2 is 1.70 bits per heavy atom. The average molecular weight is 437 g/mol. The zero-order valence-electron chi connectivity index (χ0n) is 18.4. The Morgan fingerprint density at radius 1 is 0.879 bits per heavy atom. The molecule has 0 fully saturated rings. The standard InChI is InChI=1S/C25H24N8/c1-2-3-9-23-27-24(20-7-5-4-6-8-20)30-33(23)17-18-10-15-22(26-16-18)19-11-13-21(14-12-19)25-28-31-32-29-25/h4-8,10-16H,2-3,9,17H2,1H3,(H,28,29,31,32). The van der Waals surface area contributed by atoms with Crippen molar-refractivity contribution in [2.75, 3.05) is 0 Å². The summed E-state index contributed by atoms with van der Waals surface area (Å²) in [6, 6.07) is 22.3. The molecule has 8 heteroatoms. The minimum Gasteiger partial charge on any atom is -0.256 e. The summed E-state index contributed by atoms with van der Waals surface area (Å²) in [6.45, 7) is 2.83. The van der Waals surface area contributed by atoms with E-state index in [4.69, 9.17) is 10.1 Å². The van der Waals surface area contributed by atoms with Crippen LogP contribution in [0.25, 0.3) is 34.0 Å². The van der Waals surface area contributed by atoms with Crippen LogP contribution in [0.15, 0.2) is 72.9 Å². The molecule has 0 unspecified atom stereocenters. The highest BCUT2D eigenvalue weighted by atomic mass is 15.5. The number of aromatic nitrogens is 8. The average Bonchev–Trinajstić information content (AvgIpc) is 3.55. The van der Waals surface area contributed by atoms with Crippen molar-refractivity contribution in [3.05, 3.63) is 84.3 Å². The first kappa shape index (κ1) is 20.7. The second-order valence-corrected chi connectivity index (χ2v) is 7.86. The number of nitrogens with one attached hydrogen (secondary N) is 1. The first-order chi connectivity index (χ1) is 16.3. The molecule has 5 aromatic rings. The zero-order valence-corrected chi connectivity index (χ0v) is 18.4. The minimum absolute atomic E-state index is 0.642. The van der Waals surface area contributed by atoms with Gasteiger partial charge in [-0.3, -0.25) is 4.98 Å². The lowest BCUT2D eigenvalue weighted by Crippen LogP contribution is -2.07. The molecule has 0 aliphatic heterocycles. The van der Waals surface area contributed by atoms with Crippen LogP contribution in [0.5, 0.6) is 0 Å². The maximum Gasteiger partial charge on any atom is 0.181 e. The lowest BCUT2D eigenvalue weighted by molar-refractivity contribution is 0.617. The van der Waals surface area contributed by atoms with Crippen molar-refractivity contribution in [3.8, 4) is 34.0 Å². The van der Waals surface area contributed by atoms with Gasteiger partial charge in [-0.15, -0.1) is 5.10 Å². The van der Waals surface area contributed by atoms with Gasteiger partial charge in [0.1, 0.15) is 5.82 Å². The molecule has 2 aromatic carbocycles. The lowest BCUT2D eigenvalue weighted by atomic mass is 10.1. The van der Waals surface area contributed by atoms with E-state index in [1.165, 1.54) is 0 Å². The van der Waals surface area contributed by atoms with Crippen LogP contribution >= 0.6 is 0 Å². The fourth-order valence-corrected chi connectivity index (χ4v) is 3.67. The predicted octanol–water partition coefficient (Wildman–Crippen LogP) is 4.58. The van der Waals surface area contributed by atoms with Crippen LogP contribution in [0.2, 0.25) is 0 Å². The number of benzene rings is 2. The van der Waals surface area contributed by atoms with Crippen LogP contribution in [0.3, 0.4) is 0 Å². The Labute approximate surface area is 191 Å². The molecule has 0 atom stereocenters. The third-order valence-electron chi connectivity index (χ3n) is 5.49. The summed E-state index contributed by atoms with van der Waals surface area (Å²) in [5, 5.41) is 18.8. The van der Waals surface area contributed by atoms with Gasteiger partial charge in [0.25, 0.3) is 0 Å². The van der Waals surface area contributed by atoms with E-state index < -0.39 is 0 Å². The van der Waals surface area contributed by atoms with Crippen LogP contribution in [-0.2, 0) is 13.0 Å². The molecule has 8 nitrogen and oxygen atoms in total. The Hall–Kier alpha value is -4.20. The number of aromatic amines is 1. The molecular formula is C25H24N8. The maximum atomic E-state index is 4.82. The van der Waals surface area contributed by atoms with Crippen molar-refractivity contribution in [2.24, 2.45) is 0 Å². The molecule has 1 N–H and O–H groups in total. The van der Waals surface area contributed by atoms with Gasteiger partial charge in [0.05, 0.1) is 12.2 Å². The van der Waals surface area contributed by atoms with Gasteiger partial charge in [-0.25, -0.2) is 14.8 Å². The van der Waals surface area contributed by atoms with Crippen molar-refractivity contribution in [1.82, 2.24) is 40.4 Å². The molecule has 0 aliphatic rings. The molecular weight excluding hydrogens is 412 g/mol. The summed E-state index contributed by atoms with van der Waals surface area (Å²) >= 11 is 0. The summed E-state index contributed by atoms with van der Waals surface area (Å²) in [5.41, 5.74) is 5.00. The molecule has 0 amide bonds. The molecule has 0 aliphatic carbocycles. The SMILES string of the molecule is CCCCc1nc(-c2ccccc2)nn1Cc1ccc(-c2ccc(-c3nnn[nH]3)cc2)nc1. The summed E-state index contributed by atoms with van der Waals surface area (Å²) < 4.78 is 2.01. The number of H-pyrrole nitrogens is 1. The molecule has 0 bridgehead atoms. The minimum atomic E-state index is 0.642. The van der Waals surface area contributed by atoms with Crippen LogP contribution in [0.4, 0.5) is 0 Å². The van der Waals surface area contributed by atoms with Gasteiger partial charge in [0, 0.05) is 29.3 Å². The topological polar surface area (TPSA) is 98.1 Å². The largest absolute Gasteiger partial charge is 0.256 e. The van der Waals surface area contributed by atoms with Crippen molar-refractivity contribution in [1.29, 1.82) is 0 Å². The normalized spacial score (nSPS) is 11.1. The fourth-order valence-electron chi connectivity index (χ4n) is 3.67. The van der Waals surface area contributed by atoms with E-state index in [0.717, 1.165) is 58.9 Å². The summed E-state index contributed by atoms with van der Waals surface area (Å²) in [6.07, 6.45) is 5.03. The summed E-state index contributed by atoms with van der Waals surface area (Å²) in [7, 11) is 0. The number of pyridine rings is 1. The molecule has 3 aromatic heterocycles. The molecule has 164 valence electrons. The lowest BCUT2D eigenvalue weighted by Gasteiger charge is -2.07. The van der Waals surface area contributed by atoms with Crippen LogP contribution in [0, 0.1) is 0 Å². The highest BCUT2D eigenvalue weighted by molar-refractivity contribution is 5.64. The first-order valence-electron chi connectivity index (χ1n) is 11.1. The molecule has 33 heavy (non-hydrogen) atoms. The van der Waals surface area contributed by atoms with E-state index in [9.17, 15) is 0 Å². The van der Waals surface area contributed by atoms with Gasteiger partial charge in [-0.2, -0.15) is 5.10 Å². The third kappa shape index (κ3) is 4.69. The van der Waals surface area contributed by atoms with Gasteiger partial charge in [-0.05, 0) is 28.5 Å². The molecule has 0 saturated heterocycles. The van der Waals surface area contributed by atoms with Gasteiger partial charge in [0.2, 0.25) is 0 Å². The predicted molar refractivity (Wildman–Crippen MR) is 126 cm³/mol. The van der Waals surface area contributed by atoms with E-state index in [1.54, 1.807) is 0 Å². The van der Waals surface area contributed by atoms with Crippen LogP contribution < -0.4 is 0 Å². The van der Waals surface area contributed by atoms with E-state index in [-0.39, 0.29) is 0 Å². The number of nitrogens with zero attached hydrogens (tertiary/aromatic N) is 7. The molecule has 5 rings (SSSR count). The van der Waals surface area contributed by atoms with E-state index in [2.05, 4.69) is 38.6 Å². The van der Waals surface area contributed by atoms with Crippen molar-refractivity contribution in [3.63, 3.8) is 0 Å². The van der Waals surface area contributed by atoms with E-state index in [0.29, 0.717) is 12.4 Å². The molecule has 3 heterocycles. The van der Waals surface area contributed by atoms with Gasteiger partial charge in [-0.1, -0.05) is 74.0 Å². The molecule has 0 saturated carbocycles. The smallest absolute Gasteiger partial charge is 0.181 e. The maximum absolute atomic E-state index is 4.82. The highest BCUT2D eigenvalue weighted by Crippen LogP contribution is 2.22. The quantitative estimate of drug-likeness (QED) is 0.382. The second kappa shape index (κ2) is 9.52. The van der Waals surface area contributed by atoms with Crippen molar-refractivity contribution in [2.45, 2.75) is 32.7 Å². The number of tetrazole rings is 1. The number of hydrogen-bond acceptors (Lipinski definition) is 6. The van der Waals surface area contributed by atoms with Crippen molar-refractivity contribution >= 4 is 0 Å². The fraction of sp³-hybridized carbons (Fsp3) is 0.200. The second-order valence-electron chi connectivity index (χ2n) is 7.86. The Bertz CT molecular complexity index is 1290. The Balaban J connectivity index is 1.35. The summed E-state index contributed by atoms with van der Waals surface area (Å²) in [4.78, 5) is 9.51. The number of hydrogen-bond donors (Lipinski definition) is 1. The molecule has 0 radical (unpaired) electrons. The van der Waals surface area contributed by atoms with Gasteiger partial charge in [0.15, 0.2) is 11.6 Å². The third-order valence-corrected chi connectivity index (χ3v) is 5.49. The number of aryl methyl sites for hydroxylation is 1. The van der Waals surface area contributed by atoms with E-state index in [1.807, 2.05) is 71.5 Å². The molecule has 0 spiro atoms. The monoisotopic (exact) mass is 436 g/mol. The number of rotatable bonds is 8. The van der Waals surface area contributed by atoms with Crippen LogP contribution in [-0.4, -0.2) is 40.4 Å². The number of unbranched alkanes of at least 4 members (excludes halogenated alkanes) is 1. The Kier molecular flexibility index (Phi) is 5.97. The van der Waals surface area contributed by atoms with Crippen LogP contribution in [0.1, 0.15) is 31.2 Å². The first-order valence-corrected chi connectivity index (χ1v) is 11.1. The zero-order chi connectivity index (χ0) is 22.5. The summed E-state index contributed by atoms with van der Waals surface area (Å²) in [5.74, 6) is 2.43.